The van der Waals surface area contributed by atoms with Crippen molar-refractivity contribution in [1.29, 1.82) is 5.26 Å². The van der Waals surface area contributed by atoms with Crippen molar-refractivity contribution in [3.63, 3.8) is 0 Å². The number of carbonyl (C=O) groups is 5. The SMILES string of the molecule is C[C@H](NC(=O)[C@@H]1C[C@@H](O)CN1C(=O)[C@@H](NC(=O)COCCCCOc1c(F)cc(-c2ncc(N3C(=S)N(c4ccc(C#N)c(C(F)(F)F)c4F)C(=O)C3(C)C)cc2C(F)(F)F)cc1F)C(C)(C)C)c1ccc(C(N)=O)cc1. The van der Waals surface area contributed by atoms with E-state index in [2.05, 4.69) is 15.6 Å². The van der Waals surface area contributed by atoms with Crippen molar-refractivity contribution in [2.75, 3.05) is 36.2 Å². The largest absolute Gasteiger partial charge is 0.488 e. The molecular weight excluding hydrogens is 1060 g/mol. The number of aromatic nitrogens is 1. The van der Waals surface area contributed by atoms with Gasteiger partial charge in [-0.25, -0.2) is 13.2 Å². The molecule has 4 atom stereocenters. The molecule has 0 unspecified atom stereocenters. The van der Waals surface area contributed by atoms with Gasteiger partial charge in [-0.1, -0.05) is 32.9 Å². The lowest BCUT2D eigenvalue weighted by Gasteiger charge is -2.35. The number of likely N-dealkylation sites (tertiary alicyclic amines) is 1. The molecule has 2 aliphatic rings. The third-order valence-corrected chi connectivity index (χ3v) is 13.0. The maximum absolute atomic E-state index is 15.5. The minimum atomic E-state index is -5.40. The molecule has 26 heteroatoms. The number of pyridine rings is 1. The van der Waals surface area contributed by atoms with E-state index < -0.39 is 151 Å². The maximum Gasteiger partial charge on any atom is 0.420 e. The van der Waals surface area contributed by atoms with Crippen LogP contribution in [-0.4, -0.2) is 99.7 Å². The fourth-order valence-corrected chi connectivity index (χ4v) is 9.22. The fraction of sp³-hybridized carbons (Fsp3) is 0.412. The number of halogens is 9. The van der Waals surface area contributed by atoms with E-state index in [0.717, 1.165) is 24.9 Å². The third kappa shape index (κ3) is 12.7. The topological polar surface area (TPSA) is 221 Å². The van der Waals surface area contributed by atoms with E-state index in [1.54, 1.807) is 39.8 Å². The highest BCUT2D eigenvalue weighted by Gasteiger charge is 2.53. The number of nitriles is 1. The van der Waals surface area contributed by atoms with Gasteiger partial charge in [0.25, 0.3) is 5.91 Å². The lowest BCUT2D eigenvalue weighted by molar-refractivity contribution is -0.144. The van der Waals surface area contributed by atoms with Crippen LogP contribution in [0.3, 0.4) is 0 Å². The Kier molecular flexibility index (Phi) is 17.3. The molecule has 0 aliphatic carbocycles. The molecule has 6 rings (SSSR count). The zero-order chi connectivity index (χ0) is 57.3. The smallest absolute Gasteiger partial charge is 0.420 e. The van der Waals surface area contributed by atoms with E-state index in [0.29, 0.717) is 40.8 Å². The summed E-state index contributed by atoms with van der Waals surface area (Å²) >= 11 is 5.32. The fourth-order valence-electron chi connectivity index (χ4n) is 8.70. The zero-order valence-electron chi connectivity index (χ0n) is 42.0. The van der Waals surface area contributed by atoms with Crippen LogP contribution in [0.4, 0.5) is 50.9 Å². The van der Waals surface area contributed by atoms with E-state index >= 15 is 13.2 Å². The van der Waals surface area contributed by atoms with Gasteiger partial charge in [-0.15, -0.1) is 0 Å². The average Bonchev–Trinajstić information content (AvgIpc) is 3.82. The van der Waals surface area contributed by atoms with Crippen molar-refractivity contribution in [2.24, 2.45) is 11.1 Å². The summed E-state index contributed by atoms with van der Waals surface area (Å²) in [5, 5.41) is 24.4. The summed E-state index contributed by atoms with van der Waals surface area (Å²) in [5.41, 5.74) is -4.59. The number of primary amides is 1. The molecule has 2 aliphatic heterocycles. The Morgan fingerprint density at radius 1 is 0.948 bits per heavy atom. The number of hydrogen-bond acceptors (Lipinski definition) is 11. The Hall–Kier alpha value is -7.37. The number of thiocarbonyl (C=S) groups is 1. The number of nitrogens with two attached hydrogens (primary N) is 1. The van der Waals surface area contributed by atoms with Crippen LogP contribution in [0.5, 0.6) is 5.75 Å². The van der Waals surface area contributed by atoms with Crippen LogP contribution in [0, 0.1) is 34.2 Å². The van der Waals surface area contributed by atoms with Gasteiger partial charge in [0.2, 0.25) is 23.6 Å². The lowest BCUT2D eigenvalue weighted by Crippen LogP contribution is -2.58. The van der Waals surface area contributed by atoms with E-state index in [-0.39, 0.29) is 44.6 Å². The first-order valence-corrected chi connectivity index (χ1v) is 23.9. The van der Waals surface area contributed by atoms with Crippen molar-refractivity contribution in [3.05, 3.63) is 106 Å². The van der Waals surface area contributed by atoms with Crippen molar-refractivity contribution < 1.29 is 78.1 Å². The van der Waals surface area contributed by atoms with Gasteiger partial charge in [-0.05, 0) is 99.3 Å². The summed E-state index contributed by atoms with van der Waals surface area (Å²) < 4.78 is 143. The zero-order valence-corrected chi connectivity index (χ0v) is 42.8. The number of aliphatic hydroxyl groups is 1. The van der Waals surface area contributed by atoms with Gasteiger partial charge >= 0.3 is 12.4 Å². The predicted octanol–water partition coefficient (Wildman–Crippen LogP) is 7.64. The van der Waals surface area contributed by atoms with Crippen molar-refractivity contribution in [3.8, 4) is 23.1 Å². The van der Waals surface area contributed by atoms with Gasteiger partial charge in [0, 0.05) is 30.7 Å². The van der Waals surface area contributed by atoms with Crippen LogP contribution in [0.2, 0.25) is 0 Å². The Labute approximate surface area is 440 Å². The van der Waals surface area contributed by atoms with Crippen molar-refractivity contribution in [2.45, 2.75) is 103 Å². The monoisotopic (exact) mass is 1110 g/mol. The maximum atomic E-state index is 15.5. The van der Waals surface area contributed by atoms with Crippen LogP contribution >= 0.6 is 12.2 Å². The number of benzene rings is 3. The second kappa shape index (κ2) is 22.7. The summed E-state index contributed by atoms with van der Waals surface area (Å²) in [6, 6.07) is 7.46. The van der Waals surface area contributed by atoms with Crippen LogP contribution in [0.15, 0.2) is 60.8 Å². The molecule has 77 heavy (non-hydrogen) atoms. The molecule has 16 nitrogen and oxygen atoms in total. The quantitative estimate of drug-likeness (QED) is 0.0456. The highest BCUT2D eigenvalue weighted by atomic mass is 32.1. The van der Waals surface area contributed by atoms with Crippen molar-refractivity contribution in [1.82, 2.24) is 20.5 Å². The first-order chi connectivity index (χ1) is 35.8. The van der Waals surface area contributed by atoms with Crippen LogP contribution in [0.1, 0.15) is 99.5 Å². The molecule has 5 amide bonds. The van der Waals surface area contributed by atoms with Crippen LogP contribution < -0.4 is 30.9 Å². The first-order valence-electron chi connectivity index (χ1n) is 23.5. The molecular formula is C51H51F9N8O8S. The van der Waals surface area contributed by atoms with E-state index in [1.807, 2.05) is 0 Å². The molecule has 0 radical (unpaired) electrons. The number of carbonyl (C=O) groups excluding carboxylic acids is 5. The number of nitrogens with zero attached hydrogens (tertiary/aromatic N) is 5. The average molecular weight is 1110 g/mol. The molecule has 3 heterocycles. The molecule has 5 N–H and O–H groups in total. The Balaban J connectivity index is 1.05. The number of nitrogens with one attached hydrogen (secondary N) is 2. The number of unbranched alkanes of at least 4 members (excludes halogenated alkanes) is 1. The van der Waals surface area contributed by atoms with E-state index in [1.165, 1.54) is 23.1 Å². The molecule has 412 valence electrons. The minimum Gasteiger partial charge on any atom is -0.488 e. The molecule has 2 saturated heterocycles. The summed E-state index contributed by atoms with van der Waals surface area (Å²) in [6.45, 7) is 7.94. The number of ether oxygens (including phenoxy) is 2. The molecule has 4 aromatic rings. The number of hydrogen-bond donors (Lipinski definition) is 4. The lowest BCUT2D eigenvalue weighted by atomic mass is 9.85. The Morgan fingerprint density at radius 2 is 1.57 bits per heavy atom. The Morgan fingerprint density at radius 3 is 2.14 bits per heavy atom. The summed E-state index contributed by atoms with van der Waals surface area (Å²) in [4.78, 5) is 71.7. The first kappa shape index (κ1) is 58.9. The highest BCUT2D eigenvalue weighted by Crippen LogP contribution is 2.45. The molecule has 3 aromatic carbocycles. The van der Waals surface area contributed by atoms with Crippen LogP contribution in [-0.2, 0) is 36.3 Å². The van der Waals surface area contributed by atoms with Crippen LogP contribution in [0.25, 0.3) is 11.3 Å². The van der Waals surface area contributed by atoms with E-state index in [9.17, 15) is 55.4 Å². The number of β-amino-alcohol motifs (C(OH)–C–C–N with tert-alkyl or cyclic N) is 1. The molecule has 0 saturated carbocycles. The minimum absolute atomic E-state index is 0.0648. The number of amides is 5. The second-order valence-corrected chi connectivity index (χ2v) is 20.1. The highest BCUT2D eigenvalue weighted by molar-refractivity contribution is 7.81. The normalized spacial score (nSPS) is 17.5. The van der Waals surface area contributed by atoms with E-state index in [4.69, 9.17) is 32.7 Å². The summed E-state index contributed by atoms with van der Waals surface area (Å²) in [6.07, 6.45) is -10.7. The molecule has 2 fully saturated rings. The van der Waals surface area contributed by atoms with Gasteiger partial charge in [-0.3, -0.25) is 33.9 Å². The molecule has 0 bridgehead atoms. The standard InChI is InChI=1S/C51H51F9N8O8S/c1-25(26-9-11-27(12-10-26)43(62)71)64-44(72)36-20-31(69)23-66(36)45(73)42(48(2,3)4)65-37(70)24-75-15-7-8-16-76-41-33(52)17-29(18-34(41)53)40-32(50(55,56)57)19-30(22-63-40)68-47(77)67(46(74)49(68,5)6)35-14-13-28(21-61)38(39(35)54)51(58,59)60/h9-14,17-19,22,25,31,36,42,69H,7-8,15-16,20,23-24H2,1-6H3,(H2,62,71)(H,64,72)(H,65,70)/t25-,31+,36-,42+/m0/s1. The number of alkyl halides is 6. The van der Waals surface area contributed by atoms with Gasteiger partial charge < -0.3 is 40.7 Å². The van der Waals surface area contributed by atoms with Gasteiger partial charge in [0.15, 0.2) is 28.3 Å². The molecule has 0 spiro atoms. The number of rotatable bonds is 17. The van der Waals surface area contributed by atoms with Gasteiger partial charge in [0.1, 0.15) is 29.8 Å². The second-order valence-electron chi connectivity index (χ2n) is 19.7. The summed E-state index contributed by atoms with van der Waals surface area (Å²) in [7, 11) is 0. The van der Waals surface area contributed by atoms with Gasteiger partial charge in [0.05, 0.1) is 59.2 Å². The molecule has 1 aromatic heterocycles. The third-order valence-electron chi connectivity index (χ3n) is 12.6. The van der Waals surface area contributed by atoms with Gasteiger partial charge in [-0.2, -0.15) is 31.6 Å². The van der Waals surface area contributed by atoms with Crippen molar-refractivity contribution >= 4 is 58.2 Å². The number of anilines is 2. The Bertz CT molecular complexity index is 2990. The number of aliphatic hydroxyl groups excluding tert-OH is 1. The predicted molar refractivity (Wildman–Crippen MR) is 262 cm³/mol. The summed E-state index contributed by atoms with van der Waals surface area (Å²) in [5.74, 6) is -9.48.